The maximum absolute atomic E-state index is 12.0. The van der Waals surface area contributed by atoms with E-state index in [1.165, 1.54) is 0 Å². The lowest BCUT2D eigenvalue weighted by Gasteiger charge is -2.38. The van der Waals surface area contributed by atoms with Crippen molar-refractivity contribution in [3.05, 3.63) is 18.0 Å². The summed E-state index contributed by atoms with van der Waals surface area (Å²) >= 11 is 0. The number of carbonyl (C=O) groups is 1. The summed E-state index contributed by atoms with van der Waals surface area (Å²) in [4.78, 5) is 13.7. The third-order valence-corrected chi connectivity index (χ3v) is 3.90. The van der Waals surface area contributed by atoms with Gasteiger partial charge in [0.2, 0.25) is 0 Å². The van der Waals surface area contributed by atoms with E-state index >= 15 is 0 Å². The second-order valence-corrected chi connectivity index (χ2v) is 7.09. The summed E-state index contributed by atoms with van der Waals surface area (Å²) in [6.45, 7) is 9.13. The number of ether oxygens (including phenoxy) is 1. The first-order chi connectivity index (χ1) is 10.2. The maximum atomic E-state index is 12.0. The molecule has 1 aromatic rings. The summed E-state index contributed by atoms with van der Waals surface area (Å²) in [5.74, 6) is 0. The molecule has 0 aliphatic carbocycles. The average molecular weight is 309 g/mol. The van der Waals surface area contributed by atoms with E-state index in [9.17, 15) is 9.90 Å². The van der Waals surface area contributed by atoms with Crippen LogP contribution < -0.4 is 0 Å². The number of rotatable bonds is 3. The van der Waals surface area contributed by atoms with Crippen LogP contribution in [0.3, 0.4) is 0 Å². The van der Waals surface area contributed by atoms with Crippen LogP contribution in [0.4, 0.5) is 4.79 Å². The number of carbonyl (C=O) groups excluding carboxylic acids is 1. The van der Waals surface area contributed by atoms with Crippen LogP contribution in [0.1, 0.15) is 46.1 Å². The van der Waals surface area contributed by atoms with Gasteiger partial charge < -0.3 is 14.7 Å². The first-order valence-electron chi connectivity index (χ1n) is 7.92. The highest BCUT2D eigenvalue weighted by molar-refractivity contribution is 5.68. The lowest BCUT2D eigenvalue weighted by Crippen LogP contribution is -2.49. The van der Waals surface area contributed by atoms with Crippen molar-refractivity contribution in [1.29, 1.82) is 0 Å². The van der Waals surface area contributed by atoms with E-state index in [2.05, 4.69) is 12.0 Å². The second-order valence-electron chi connectivity index (χ2n) is 7.09. The zero-order chi connectivity index (χ0) is 16.4. The molecule has 22 heavy (non-hydrogen) atoms. The third kappa shape index (κ3) is 4.47. The Morgan fingerprint density at radius 1 is 1.41 bits per heavy atom. The largest absolute Gasteiger partial charge is 0.444 e. The molecule has 2 rings (SSSR count). The third-order valence-electron chi connectivity index (χ3n) is 3.90. The van der Waals surface area contributed by atoms with Crippen LogP contribution in [0.15, 0.2) is 12.4 Å². The van der Waals surface area contributed by atoms with Crippen molar-refractivity contribution in [2.45, 2.75) is 64.7 Å². The molecule has 6 nitrogen and oxygen atoms in total. The number of aliphatic hydroxyl groups is 1. The molecule has 1 aliphatic heterocycles. The van der Waals surface area contributed by atoms with E-state index < -0.39 is 11.2 Å². The van der Waals surface area contributed by atoms with Crippen LogP contribution in [0, 0.1) is 0 Å². The molecule has 1 fully saturated rings. The van der Waals surface area contributed by atoms with Crippen molar-refractivity contribution in [3.8, 4) is 0 Å². The summed E-state index contributed by atoms with van der Waals surface area (Å²) < 4.78 is 7.16. The minimum Gasteiger partial charge on any atom is -0.444 e. The Bertz CT molecular complexity index is 511. The standard InChI is InChI=1S/C16H27N3O3/c1-5-13-10-17-19(11-13)12-16(21)6-8-18(9-7-16)14(20)22-15(2,3)4/h10-11,21H,5-9,12H2,1-4H3. The minimum absolute atomic E-state index is 0.304. The summed E-state index contributed by atoms with van der Waals surface area (Å²) in [5, 5.41) is 15.0. The fourth-order valence-electron chi connectivity index (χ4n) is 2.57. The molecule has 0 spiro atoms. The van der Waals surface area contributed by atoms with Gasteiger partial charge in [0.05, 0.1) is 18.3 Å². The normalized spacial score (nSPS) is 18.3. The number of piperidine rings is 1. The van der Waals surface area contributed by atoms with Gasteiger partial charge in [0.1, 0.15) is 5.60 Å². The van der Waals surface area contributed by atoms with E-state index in [0.717, 1.165) is 12.0 Å². The molecule has 1 aliphatic rings. The zero-order valence-corrected chi connectivity index (χ0v) is 14.0. The van der Waals surface area contributed by atoms with Crippen molar-refractivity contribution in [2.75, 3.05) is 13.1 Å². The van der Waals surface area contributed by atoms with Crippen molar-refractivity contribution in [1.82, 2.24) is 14.7 Å². The Kier molecular flexibility index (Phi) is 4.80. The van der Waals surface area contributed by atoms with Crippen LogP contribution in [0.25, 0.3) is 0 Å². The molecule has 0 aromatic carbocycles. The molecule has 124 valence electrons. The average Bonchev–Trinajstić information content (AvgIpc) is 2.84. The first kappa shape index (κ1) is 16.8. The Morgan fingerprint density at radius 3 is 2.55 bits per heavy atom. The molecule has 0 radical (unpaired) electrons. The highest BCUT2D eigenvalue weighted by Gasteiger charge is 2.35. The van der Waals surface area contributed by atoms with Crippen LogP contribution in [0.2, 0.25) is 0 Å². The van der Waals surface area contributed by atoms with Crippen molar-refractivity contribution >= 4 is 6.09 Å². The van der Waals surface area contributed by atoms with E-state index in [1.807, 2.05) is 33.2 Å². The molecule has 1 amide bonds. The number of hydrogen-bond acceptors (Lipinski definition) is 4. The van der Waals surface area contributed by atoms with Gasteiger partial charge in [-0.25, -0.2) is 4.79 Å². The highest BCUT2D eigenvalue weighted by Crippen LogP contribution is 2.25. The molecule has 0 bridgehead atoms. The smallest absolute Gasteiger partial charge is 0.410 e. The number of nitrogens with zero attached hydrogens (tertiary/aromatic N) is 3. The summed E-state index contributed by atoms with van der Waals surface area (Å²) in [7, 11) is 0. The Balaban J connectivity index is 1.88. The van der Waals surface area contributed by atoms with E-state index in [1.54, 1.807) is 9.58 Å². The van der Waals surface area contributed by atoms with Gasteiger partial charge in [0.25, 0.3) is 0 Å². The lowest BCUT2D eigenvalue weighted by molar-refractivity contribution is -0.0431. The molecule has 0 atom stereocenters. The van der Waals surface area contributed by atoms with E-state index in [0.29, 0.717) is 32.5 Å². The quantitative estimate of drug-likeness (QED) is 0.929. The first-order valence-corrected chi connectivity index (χ1v) is 7.92. The summed E-state index contributed by atoms with van der Waals surface area (Å²) in [6, 6.07) is 0. The Hall–Kier alpha value is -1.56. The monoisotopic (exact) mass is 309 g/mol. The Morgan fingerprint density at radius 2 is 2.05 bits per heavy atom. The predicted molar refractivity (Wildman–Crippen MR) is 83.6 cm³/mol. The number of amides is 1. The molecule has 1 aromatic heterocycles. The lowest BCUT2D eigenvalue weighted by atomic mass is 9.91. The molecule has 1 N–H and O–H groups in total. The predicted octanol–water partition coefficient (Wildman–Crippen LogP) is 2.21. The summed E-state index contributed by atoms with van der Waals surface area (Å²) in [5.41, 5.74) is -0.138. The van der Waals surface area contributed by atoms with Crippen LogP contribution in [0.5, 0.6) is 0 Å². The molecule has 0 saturated carbocycles. The number of aromatic nitrogens is 2. The number of likely N-dealkylation sites (tertiary alicyclic amines) is 1. The summed E-state index contributed by atoms with van der Waals surface area (Å²) in [6.07, 6.45) is 5.51. The van der Waals surface area contributed by atoms with Gasteiger partial charge in [0.15, 0.2) is 0 Å². The van der Waals surface area contributed by atoms with Crippen LogP contribution >= 0.6 is 0 Å². The van der Waals surface area contributed by atoms with Gasteiger partial charge in [-0.2, -0.15) is 5.10 Å². The topological polar surface area (TPSA) is 67.6 Å². The molecule has 0 unspecified atom stereocenters. The number of hydrogen-bond donors (Lipinski definition) is 1. The van der Waals surface area contributed by atoms with Crippen molar-refractivity contribution in [2.24, 2.45) is 0 Å². The Labute approximate surface area is 132 Å². The van der Waals surface area contributed by atoms with Crippen molar-refractivity contribution < 1.29 is 14.6 Å². The molecular weight excluding hydrogens is 282 g/mol. The van der Waals surface area contributed by atoms with Crippen LogP contribution in [-0.4, -0.2) is 50.2 Å². The fraction of sp³-hybridized carbons (Fsp3) is 0.750. The van der Waals surface area contributed by atoms with Crippen LogP contribution in [-0.2, 0) is 17.7 Å². The van der Waals surface area contributed by atoms with Gasteiger partial charge in [-0.1, -0.05) is 6.92 Å². The van der Waals surface area contributed by atoms with E-state index in [4.69, 9.17) is 4.74 Å². The fourth-order valence-corrected chi connectivity index (χ4v) is 2.57. The molecule has 2 heterocycles. The number of aryl methyl sites for hydroxylation is 1. The van der Waals surface area contributed by atoms with Gasteiger partial charge in [-0.05, 0) is 45.6 Å². The van der Waals surface area contributed by atoms with Crippen molar-refractivity contribution in [3.63, 3.8) is 0 Å². The van der Waals surface area contributed by atoms with E-state index in [-0.39, 0.29) is 6.09 Å². The van der Waals surface area contributed by atoms with Gasteiger partial charge >= 0.3 is 6.09 Å². The highest BCUT2D eigenvalue weighted by atomic mass is 16.6. The van der Waals surface area contributed by atoms with Gasteiger partial charge in [-0.3, -0.25) is 4.68 Å². The molecule has 1 saturated heterocycles. The zero-order valence-electron chi connectivity index (χ0n) is 14.0. The molecule has 6 heteroatoms. The minimum atomic E-state index is -0.810. The second kappa shape index (κ2) is 6.28. The molecular formula is C16H27N3O3. The SMILES string of the molecule is CCc1cnn(CC2(O)CCN(C(=O)OC(C)(C)C)CC2)c1. The van der Waals surface area contributed by atoms with Gasteiger partial charge in [0, 0.05) is 19.3 Å². The maximum Gasteiger partial charge on any atom is 0.410 e. The van der Waals surface area contributed by atoms with Gasteiger partial charge in [-0.15, -0.1) is 0 Å².